The summed E-state index contributed by atoms with van der Waals surface area (Å²) in [6, 6.07) is 4.53. The van der Waals surface area contributed by atoms with E-state index in [0.29, 0.717) is 6.04 Å². The molecule has 0 saturated carbocycles. The number of hydrogen-bond donors (Lipinski definition) is 1. The van der Waals surface area contributed by atoms with Crippen LogP contribution in [-0.2, 0) is 4.74 Å². The van der Waals surface area contributed by atoms with Crippen LogP contribution in [0.2, 0.25) is 0 Å². The summed E-state index contributed by atoms with van der Waals surface area (Å²) in [6.07, 6.45) is 2.92. The number of hydrogen-bond acceptors (Lipinski definition) is 3. The summed E-state index contributed by atoms with van der Waals surface area (Å²) < 4.78 is 5.10. The largest absolute Gasteiger partial charge is 0.385 e. The summed E-state index contributed by atoms with van der Waals surface area (Å²) in [6.45, 7) is 5.84. The Morgan fingerprint density at radius 2 is 2.27 bits per heavy atom. The number of aromatic nitrogens is 1. The van der Waals surface area contributed by atoms with Gasteiger partial charge in [-0.2, -0.15) is 0 Å². The first-order valence-corrected chi connectivity index (χ1v) is 5.42. The third-order valence-corrected chi connectivity index (χ3v) is 2.40. The predicted octanol–water partition coefficient (Wildman–Crippen LogP) is 2.08. The van der Waals surface area contributed by atoms with Gasteiger partial charge in [-0.1, -0.05) is 13.0 Å². The van der Waals surface area contributed by atoms with Crippen molar-refractivity contribution in [3.63, 3.8) is 0 Å². The van der Waals surface area contributed by atoms with Gasteiger partial charge >= 0.3 is 0 Å². The van der Waals surface area contributed by atoms with Gasteiger partial charge in [-0.25, -0.2) is 0 Å². The number of ether oxygens (including phenoxy) is 1. The van der Waals surface area contributed by atoms with Crippen molar-refractivity contribution in [3.8, 4) is 0 Å². The van der Waals surface area contributed by atoms with Crippen LogP contribution >= 0.6 is 0 Å². The van der Waals surface area contributed by atoms with Gasteiger partial charge in [0.1, 0.15) is 0 Å². The molecule has 84 valence electrons. The summed E-state index contributed by atoms with van der Waals surface area (Å²) in [5.41, 5.74) is 2.29. The topological polar surface area (TPSA) is 34.1 Å². The molecule has 0 aliphatic rings. The van der Waals surface area contributed by atoms with Gasteiger partial charge < -0.3 is 10.1 Å². The second-order valence-electron chi connectivity index (χ2n) is 3.62. The minimum Gasteiger partial charge on any atom is -0.385 e. The molecule has 1 aromatic rings. The van der Waals surface area contributed by atoms with Crippen molar-refractivity contribution in [3.05, 3.63) is 29.6 Å². The summed E-state index contributed by atoms with van der Waals surface area (Å²) in [4.78, 5) is 4.31. The van der Waals surface area contributed by atoms with Crippen molar-refractivity contribution in [1.82, 2.24) is 10.3 Å². The number of rotatable bonds is 6. The Bertz CT molecular complexity index is 271. The molecule has 1 rings (SSSR count). The first-order valence-electron chi connectivity index (χ1n) is 5.42. The van der Waals surface area contributed by atoms with E-state index in [-0.39, 0.29) is 0 Å². The van der Waals surface area contributed by atoms with E-state index in [1.165, 1.54) is 5.56 Å². The van der Waals surface area contributed by atoms with Crippen molar-refractivity contribution in [2.24, 2.45) is 0 Å². The standard InChI is InChI=1S/C12H20N2O/c1-4-13-12(7-8-15-3)11-6-5-10(2)14-9-11/h5-6,9,12-13H,4,7-8H2,1-3H3. The molecule has 1 aromatic heterocycles. The van der Waals surface area contributed by atoms with Crippen LogP contribution in [0.4, 0.5) is 0 Å². The van der Waals surface area contributed by atoms with Gasteiger partial charge in [0, 0.05) is 31.6 Å². The van der Waals surface area contributed by atoms with Crippen LogP contribution in [0.5, 0.6) is 0 Å². The zero-order valence-corrected chi connectivity index (χ0v) is 9.79. The average molecular weight is 208 g/mol. The molecular formula is C12H20N2O. The molecule has 0 bridgehead atoms. The van der Waals surface area contributed by atoms with Gasteiger partial charge in [0.2, 0.25) is 0 Å². The second-order valence-corrected chi connectivity index (χ2v) is 3.62. The maximum Gasteiger partial charge on any atom is 0.0480 e. The maximum atomic E-state index is 5.10. The lowest BCUT2D eigenvalue weighted by molar-refractivity contribution is 0.183. The monoisotopic (exact) mass is 208 g/mol. The SMILES string of the molecule is CCNC(CCOC)c1ccc(C)nc1. The third kappa shape index (κ3) is 3.98. The summed E-state index contributed by atoms with van der Waals surface area (Å²) >= 11 is 0. The van der Waals surface area contributed by atoms with Gasteiger partial charge in [-0.15, -0.1) is 0 Å². The lowest BCUT2D eigenvalue weighted by atomic mass is 10.1. The fourth-order valence-corrected chi connectivity index (χ4v) is 1.55. The molecule has 1 heterocycles. The van der Waals surface area contributed by atoms with Gasteiger partial charge in [0.05, 0.1) is 0 Å². The highest BCUT2D eigenvalue weighted by Crippen LogP contribution is 2.15. The second kappa shape index (κ2) is 6.53. The molecule has 0 aliphatic heterocycles. The molecule has 0 aromatic carbocycles. The number of methoxy groups -OCH3 is 1. The summed E-state index contributed by atoms with van der Waals surface area (Å²) in [5, 5.41) is 3.43. The first kappa shape index (κ1) is 12.1. The molecule has 15 heavy (non-hydrogen) atoms. The molecule has 3 heteroatoms. The Hall–Kier alpha value is -0.930. The molecule has 3 nitrogen and oxygen atoms in total. The molecule has 1 unspecified atom stereocenters. The first-order chi connectivity index (χ1) is 7.27. The normalized spacial score (nSPS) is 12.7. The Morgan fingerprint density at radius 1 is 1.47 bits per heavy atom. The van der Waals surface area contributed by atoms with E-state index >= 15 is 0 Å². The Balaban J connectivity index is 2.65. The number of nitrogens with zero attached hydrogens (tertiary/aromatic N) is 1. The number of aryl methyl sites for hydroxylation is 1. The zero-order valence-electron chi connectivity index (χ0n) is 9.79. The van der Waals surface area contributed by atoms with Crippen molar-refractivity contribution in [2.75, 3.05) is 20.3 Å². The quantitative estimate of drug-likeness (QED) is 0.777. The van der Waals surface area contributed by atoms with E-state index in [2.05, 4.69) is 23.3 Å². The van der Waals surface area contributed by atoms with E-state index in [0.717, 1.165) is 25.3 Å². The van der Waals surface area contributed by atoms with Crippen LogP contribution in [0.25, 0.3) is 0 Å². The smallest absolute Gasteiger partial charge is 0.0480 e. The molecule has 0 fully saturated rings. The van der Waals surface area contributed by atoms with Crippen LogP contribution in [0.1, 0.15) is 30.6 Å². The Kier molecular flexibility index (Phi) is 5.29. The molecule has 1 N–H and O–H groups in total. The minimum atomic E-state index is 0.350. The van der Waals surface area contributed by atoms with Crippen LogP contribution in [-0.4, -0.2) is 25.2 Å². The third-order valence-electron chi connectivity index (χ3n) is 2.40. The lowest BCUT2D eigenvalue weighted by Crippen LogP contribution is -2.22. The fourth-order valence-electron chi connectivity index (χ4n) is 1.55. The van der Waals surface area contributed by atoms with Gasteiger partial charge in [0.15, 0.2) is 0 Å². The van der Waals surface area contributed by atoms with Crippen LogP contribution in [0, 0.1) is 6.92 Å². The molecule has 0 amide bonds. The molecule has 0 saturated heterocycles. The number of pyridine rings is 1. The van der Waals surface area contributed by atoms with E-state index < -0.39 is 0 Å². The van der Waals surface area contributed by atoms with Crippen LogP contribution in [0.3, 0.4) is 0 Å². The van der Waals surface area contributed by atoms with Crippen molar-refractivity contribution in [1.29, 1.82) is 0 Å². The highest BCUT2D eigenvalue weighted by molar-refractivity contribution is 5.17. The van der Waals surface area contributed by atoms with E-state index in [1.807, 2.05) is 19.2 Å². The van der Waals surface area contributed by atoms with Crippen molar-refractivity contribution >= 4 is 0 Å². The summed E-state index contributed by atoms with van der Waals surface area (Å²) in [5.74, 6) is 0. The van der Waals surface area contributed by atoms with Gasteiger partial charge in [-0.05, 0) is 31.5 Å². The highest BCUT2D eigenvalue weighted by Gasteiger charge is 2.09. The molecule has 0 radical (unpaired) electrons. The minimum absolute atomic E-state index is 0.350. The predicted molar refractivity (Wildman–Crippen MR) is 61.9 cm³/mol. The summed E-state index contributed by atoms with van der Waals surface area (Å²) in [7, 11) is 1.73. The zero-order chi connectivity index (χ0) is 11.1. The molecule has 1 atom stereocenters. The van der Waals surface area contributed by atoms with Crippen molar-refractivity contribution < 1.29 is 4.74 Å². The number of nitrogens with one attached hydrogen (secondary N) is 1. The molecule has 0 spiro atoms. The van der Waals surface area contributed by atoms with Crippen LogP contribution < -0.4 is 5.32 Å². The highest BCUT2D eigenvalue weighted by atomic mass is 16.5. The van der Waals surface area contributed by atoms with Crippen molar-refractivity contribution in [2.45, 2.75) is 26.3 Å². The Morgan fingerprint density at radius 3 is 2.80 bits per heavy atom. The lowest BCUT2D eigenvalue weighted by Gasteiger charge is -2.17. The van der Waals surface area contributed by atoms with E-state index in [1.54, 1.807) is 7.11 Å². The van der Waals surface area contributed by atoms with E-state index in [4.69, 9.17) is 4.74 Å². The van der Waals surface area contributed by atoms with Crippen LogP contribution in [0.15, 0.2) is 18.3 Å². The van der Waals surface area contributed by atoms with Gasteiger partial charge in [0.25, 0.3) is 0 Å². The maximum absolute atomic E-state index is 5.10. The fraction of sp³-hybridized carbons (Fsp3) is 0.583. The Labute approximate surface area is 91.9 Å². The molecular weight excluding hydrogens is 188 g/mol. The molecule has 0 aliphatic carbocycles. The van der Waals surface area contributed by atoms with Gasteiger partial charge in [-0.3, -0.25) is 4.98 Å². The average Bonchev–Trinajstić information content (AvgIpc) is 2.25. The van der Waals surface area contributed by atoms with E-state index in [9.17, 15) is 0 Å².